The molecule has 0 aliphatic rings. The van der Waals surface area contributed by atoms with Crippen LogP contribution in [-0.2, 0) is 6.18 Å². The van der Waals surface area contributed by atoms with Crippen LogP contribution >= 0.6 is 15.9 Å². The quantitative estimate of drug-likeness (QED) is 0.631. The summed E-state index contributed by atoms with van der Waals surface area (Å²) in [5.41, 5.74) is 0.540. The highest BCUT2D eigenvalue weighted by atomic mass is 79.9. The summed E-state index contributed by atoms with van der Waals surface area (Å²) >= 11 is 3.15. The molecule has 136 valence electrons. The summed E-state index contributed by atoms with van der Waals surface area (Å²) in [6, 6.07) is 7.91. The molecule has 0 radical (unpaired) electrons. The molecule has 1 amide bonds. The molecular formula is C17H13BrF3N3O2. The Morgan fingerprint density at radius 1 is 1.23 bits per heavy atom. The molecule has 0 aliphatic carbocycles. The first kappa shape index (κ1) is 18.2. The Morgan fingerprint density at radius 2 is 1.96 bits per heavy atom. The monoisotopic (exact) mass is 427 g/mol. The molecule has 0 fully saturated rings. The molecule has 5 nitrogen and oxygen atoms in total. The molecule has 0 atom stereocenters. The fraction of sp³-hybridized carbons (Fsp3) is 0.176. The van der Waals surface area contributed by atoms with Crippen molar-refractivity contribution in [3.05, 3.63) is 63.6 Å². The van der Waals surface area contributed by atoms with Gasteiger partial charge in [-0.25, -0.2) is 4.68 Å². The van der Waals surface area contributed by atoms with Crippen LogP contribution in [0.3, 0.4) is 0 Å². The van der Waals surface area contributed by atoms with Crippen molar-refractivity contribution >= 4 is 27.7 Å². The number of hydrogen-bond donors (Lipinski definition) is 1. The second-order valence-corrected chi connectivity index (χ2v) is 6.43. The first-order valence-corrected chi connectivity index (χ1v) is 8.26. The normalized spacial score (nSPS) is 11.6. The molecule has 9 heteroatoms. The molecule has 0 saturated heterocycles. The van der Waals surface area contributed by atoms with Gasteiger partial charge in [0.15, 0.2) is 10.4 Å². The average molecular weight is 428 g/mol. The van der Waals surface area contributed by atoms with Gasteiger partial charge in [0.1, 0.15) is 5.82 Å². The van der Waals surface area contributed by atoms with E-state index in [0.29, 0.717) is 15.9 Å². The molecular weight excluding hydrogens is 415 g/mol. The van der Waals surface area contributed by atoms with Gasteiger partial charge in [-0.2, -0.15) is 18.3 Å². The number of hydrogen-bond acceptors (Lipinski definition) is 3. The van der Waals surface area contributed by atoms with Crippen LogP contribution < -0.4 is 5.32 Å². The van der Waals surface area contributed by atoms with E-state index in [-0.39, 0.29) is 17.3 Å². The SMILES string of the molecule is Cc1cc(NC(=O)c2oc(Br)cc2C)n(-c2cccc(C(F)(F)F)c2)n1. The zero-order valence-electron chi connectivity index (χ0n) is 13.7. The number of aryl methyl sites for hydroxylation is 2. The van der Waals surface area contributed by atoms with Crippen LogP contribution in [0.2, 0.25) is 0 Å². The fourth-order valence-corrected chi connectivity index (χ4v) is 2.95. The minimum atomic E-state index is -4.47. The Balaban J connectivity index is 1.97. The number of benzene rings is 1. The highest BCUT2D eigenvalue weighted by Gasteiger charge is 2.30. The largest absolute Gasteiger partial charge is 0.444 e. The zero-order valence-corrected chi connectivity index (χ0v) is 15.3. The fourth-order valence-electron chi connectivity index (χ4n) is 2.44. The summed E-state index contributed by atoms with van der Waals surface area (Å²) in [6.45, 7) is 3.38. The number of rotatable bonds is 3. The third-order valence-corrected chi connectivity index (χ3v) is 3.98. The van der Waals surface area contributed by atoms with E-state index < -0.39 is 17.6 Å². The first-order chi connectivity index (χ1) is 12.1. The third kappa shape index (κ3) is 3.67. The predicted octanol–water partition coefficient (Wildman–Crippen LogP) is 5.12. The molecule has 3 rings (SSSR count). The van der Waals surface area contributed by atoms with E-state index in [2.05, 4.69) is 26.3 Å². The molecule has 0 saturated carbocycles. The van der Waals surface area contributed by atoms with Crippen molar-refractivity contribution in [2.75, 3.05) is 5.32 Å². The van der Waals surface area contributed by atoms with Gasteiger partial charge in [-0.3, -0.25) is 4.79 Å². The summed E-state index contributed by atoms with van der Waals surface area (Å²) < 4.78 is 45.8. The lowest BCUT2D eigenvalue weighted by Crippen LogP contribution is -2.15. The Kier molecular flexibility index (Phi) is 4.66. The van der Waals surface area contributed by atoms with Crippen molar-refractivity contribution in [1.29, 1.82) is 0 Å². The number of carbonyl (C=O) groups excluding carboxylic acids is 1. The molecule has 0 bridgehead atoms. The lowest BCUT2D eigenvalue weighted by molar-refractivity contribution is -0.137. The van der Waals surface area contributed by atoms with Crippen LogP contribution in [0.15, 0.2) is 45.5 Å². The maximum atomic E-state index is 13.0. The average Bonchev–Trinajstić information content (AvgIpc) is 3.08. The second-order valence-electron chi connectivity index (χ2n) is 5.65. The van der Waals surface area contributed by atoms with E-state index in [9.17, 15) is 18.0 Å². The molecule has 0 aliphatic heterocycles. The van der Waals surface area contributed by atoms with E-state index in [1.54, 1.807) is 26.0 Å². The van der Waals surface area contributed by atoms with E-state index in [0.717, 1.165) is 12.1 Å². The maximum Gasteiger partial charge on any atom is 0.416 e. The first-order valence-electron chi connectivity index (χ1n) is 7.47. The molecule has 1 N–H and O–H groups in total. The van der Waals surface area contributed by atoms with Gasteiger partial charge in [-0.15, -0.1) is 0 Å². The molecule has 3 aromatic rings. The summed E-state index contributed by atoms with van der Waals surface area (Å²) in [7, 11) is 0. The van der Waals surface area contributed by atoms with Crippen LogP contribution in [0.1, 0.15) is 27.4 Å². The van der Waals surface area contributed by atoms with Crippen molar-refractivity contribution in [3.63, 3.8) is 0 Å². The Bertz CT molecular complexity index is 976. The van der Waals surface area contributed by atoms with Crippen molar-refractivity contribution in [3.8, 4) is 5.69 Å². The van der Waals surface area contributed by atoms with Crippen LogP contribution in [0.25, 0.3) is 5.69 Å². The van der Waals surface area contributed by atoms with Crippen LogP contribution in [0.4, 0.5) is 19.0 Å². The minimum absolute atomic E-state index is 0.103. The third-order valence-electron chi connectivity index (χ3n) is 3.59. The Labute approximate surface area is 154 Å². The van der Waals surface area contributed by atoms with Crippen LogP contribution in [0.5, 0.6) is 0 Å². The zero-order chi connectivity index (χ0) is 19.1. The number of furan rings is 1. The van der Waals surface area contributed by atoms with Crippen molar-refractivity contribution < 1.29 is 22.4 Å². The van der Waals surface area contributed by atoms with Gasteiger partial charge in [-0.1, -0.05) is 6.07 Å². The van der Waals surface area contributed by atoms with Gasteiger partial charge < -0.3 is 9.73 Å². The number of anilines is 1. The lowest BCUT2D eigenvalue weighted by atomic mass is 10.2. The van der Waals surface area contributed by atoms with E-state index >= 15 is 0 Å². The summed E-state index contributed by atoms with van der Waals surface area (Å²) in [5, 5.41) is 6.80. The van der Waals surface area contributed by atoms with E-state index in [1.807, 2.05) is 0 Å². The number of halogens is 4. The maximum absolute atomic E-state index is 13.0. The number of nitrogens with one attached hydrogen (secondary N) is 1. The highest BCUT2D eigenvalue weighted by Crippen LogP contribution is 2.31. The smallest absolute Gasteiger partial charge is 0.416 e. The van der Waals surface area contributed by atoms with E-state index in [1.165, 1.54) is 16.8 Å². The lowest BCUT2D eigenvalue weighted by Gasteiger charge is -2.11. The highest BCUT2D eigenvalue weighted by molar-refractivity contribution is 9.10. The predicted molar refractivity (Wildman–Crippen MR) is 92.4 cm³/mol. The van der Waals surface area contributed by atoms with Crippen LogP contribution in [-0.4, -0.2) is 15.7 Å². The van der Waals surface area contributed by atoms with Crippen LogP contribution in [0, 0.1) is 13.8 Å². The molecule has 0 unspecified atom stereocenters. The molecule has 1 aromatic carbocycles. The number of carbonyl (C=O) groups is 1. The number of amides is 1. The topological polar surface area (TPSA) is 60.1 Å². The Morgan fingerprint density at radius 3 is 2.58 bits per heavy atom. The minimum Gasteiger partial charge on any atom is -0.444 e. The molecule has 2 aromatic heterocycles. The van der Waals surface area contributed by atoms with Crippen molar-refractivity contribution in [1.82, 2.24) is 9.78 Å². The number of alkyl halides is 3. The second kappa shape index (κ2) is 6.64. The molecule has 2 heterocycles. The Hall–Kier alpha value is -2.55. The summed E-state index contributed by atoms with van der Waals surface area (Å²) in [4.78, 5) is 12.4. The molecule has 26 heavy (non-hydrogen) atoms. The summed E-state index contributed by atoms with van der Waals surface area (Å²) in [5.74, 6) is -0.189. The van der Waals surface area contributed by atoms with Gasteiger partial charge in [0, 0.05) is 11.6 Å². The van der Waals surface area contributed by atoms with Gasteiger partial charge in [0.05, 0.1) is 16.9 Å². The van der Waals surface area contributed by atoms with Gasteiger partial charge >= 0.3 is 6.18 Å². The summed E-state index contributed by atoms with van der Waals surface area (Å²) in [6.07, 6.45) is -4.47. The van der Waals surface area contributed by atoms with Gasteiger partial charge in [0.2, 0.25) is 0 Å². The van der Waals surface area contributed by atoms with Gasteiger partial charge in [-0.05, 0) is 54.0 Å². The number of aromatic nitrogens is 2. The molecule has 0 spiro atoms. The number of nitrogens with zero attached hydrogens (tertiary/aromatic N) is 2. The van der Waals surface area contributed by atoms with Gasteiger partial charge in [0.25, 0.3) is 5.91 Å². The van der Waals surface area contributed by atoms with E-state index in [4.69, 9.17) is 4.42 Å². The van der Waals surface area contributed by atoms with Crippen molar-refractivity contribution in [2.45, 2.75) is 20.0 Å². The van der Waals surface area contributed by atoms with Crippen molar-refractivity contribution in [2.24, 2.45) is 0 Å². The standard InChI is InChI=1S/C17H13BrF3N3O2/c1-9-6-13(18)26-15(9)16(25)22-14-7-10(2)23-24(14)12-5-3-4-11(8-12)17(19,20)21/h3-8H,1-2H3,(H,22,25).